The van der Waals surface area contributed by atoms with E-state index in [0.717, 1.165) is 84.3 Å². The number of aromatic nitrogens is 1. The smallest absolute Gasteiger partial charge is 0.371 e. The second-order valence-electron chi connectivity index (χ2n) is 10.8. The van der Waals surface area contributed by atoms with Crippen LogP contribution >= 0.6 is 0 Å². The molecule has 10 heteroatoms. The number of nitrogens with two attached hydrogens (primary N) is 1. The van der Waals surface area contributed by atoms with Gasteiger partial charge in [-0.2, -0.15) is 13.6 Å². The summed E-state index contributed by atoms with van der Waals surface area (Å²) in [6.45, 7) is 4.62. The summed E-state index contributed by atoms with van der Waals surface area (Å²) in [4.78, 5) is 17.6. The van der Waals surface area contributed by atoms with E-state index in [1.54, 1.807) is 6.20 Å². The summed E-state index contributed by atoms with van der Waals surface area (Å²) in [5, 5.41) is 8.42. The van der Waals surface area contributed by atoms with Crippen LogP contribution in [0.15, 0.2) is 81.1 Å². The van der Waals surface area contributed by atoms with Crippen LogP contribution in [0.2, 0.25) is 0 Å². The topological polar surface area (TPSA) is 135 Å². The summed E-state index contributed by atoms with van der Waals surface area (Å²) in [5.41, 5.74) is 15.7. The lowest BCUT2D eigenvalue weighted by Crippen LogP contribution is -2.46. The largest absolute Gasteiger partial charge is 0.380 e. The number of amides is 1. The molecule has 5 N–H and O–H groups in total. The minimum Gasteiger partial charge on any atom is -0.371 e. The Morgan fingerprint density at radius 2 is 2.13 bits per heavy atom. The van der Waals surface area contributed by atoms with Crippen molar-refractivity contribution in [2.24, 2.45) is 16.5 Å². The quantitative estimate of drug-likeness (QED) is 0.438. The SMILES string of the molecule is CCC1=C2C(OS(N)(=O)=O)=CC3=C(NNC4=C3CC3=C4C(C(=O)NCc4ccccn4)CC3)C2(C)CCC1. The van der Waals surface area contributed by atoms with Crippen molar-refractivity contribution < 1.29 is 17.4 Å². The Morgan fingerprint density at radius 3 is 2.87 bits per heavy atom. The van der Waals surface area contributed by atoms with E-state index in [-0.39, 0.29) is 11.8 Å². The lowest BCUT2D eigenvalue weighted by molar-refractivity contribution is -0.124. The van der Waals surface area contributed by atoms with Gasteiger partial charge in [-0.15, -0.1) is 0 Å². The van der Waals surface area contributed by atoms with Crippen molar-refractivity contribution in [3.05, 3.63) is 86.8 Å². The number of pyridine rings is 1. The zero-order valence-electron chi connectivity index (χ0n) is 21.7. The Bertz CT molecular complexity index is 1490. The average Bonchev–Trinajstić information content (AvgIpc) is 3.46. The van der Waals surface area contributed by atoms with Crippen LogP contribution in [0.1, 0.15) is 64.5 Å². The van der Waals surface area contributed by atoms with E-state index >= 15 is 0 Å². The number of allylic oxidation sites excluding steroid dienone is 8. The van der Waals surface area contributed by atoms with E-state index in [0.29, 0.717) is 12.3 Å². The standard InChI is InChI=1S/C28H33N5O4S/c1-3-16-7-6-11-28(2)24(16)22(37-38(29,35)36)14-21-20-13-17-9-10-19(23(17)25(20)32-33-26(21)28)27(34)31-15-18-8-4-5-12-30-18/h4-5,8,12,14,19,32-33H,3,6-7,9-11,13,15H2,1-2H3,(H,31,34)(H2,29,35,36). The minimum absolute atomic E-state index is 0.00883. The molecule has 0 radical (unpaired) electrons. The first kappa shape index (κ1) is 24.9. The Kier molecular flexibility index (Phi) is 5.99. The third-order valence-electron chi connectivity index (χ3n) is 8.59. The first-order valence-electron chi connectivity index (χ1n) is 13.3. The maximum Gasteiger partial charge on any atom is 0.380 e. The summed E-state index contributed by atoms with van der Waals surface area (Å²) < 4.78 is 29.6. The van der Waals surface area contributed by atoms with Gasteiger partial charge in [-0.25, -0.2) is 0 Å². The molecular formula is C28H33N5O4S. The fourth-order valence-electron chi connectivity index (χ4n) is 6.96. The molecule has 9 nitrogen and oxygen atoms in total. The van der Waals surface area contributed by atoms with Crippen molar-refractivity contribution in [1.82, 2.24) is 21.2 Å². The van der Waals surface area contributed by atoms with Crippen LogP contribution in [0.5, 0.6) is 0 Å². The van der Waals surface area contributed by atoms with Gasteiger partial charge in [-0.1, -0.05) is 24.1 Å². The molecule has 1 aromatic rings. The van der Waals surface area contributed by atoms with Crippen molar-refractivity contribution in [3.8, 4) is 0 Å². The lowest BCUT2D eigenvalue weighted by Gasteiger charge is -2.45. The van der Waals surface area contributed by atoms with Gasteiger partial charge in [0.15, 0.2) is 0 Å². The highest BCUT2D eigenvalue weighted by Crippen LogP contribution is 2.57. The number of hydrogen-bond acceptors (Lipinski definition) is 7. The Balaban J connectivity index is 1.36. The summed E-state index contributed by atoms with van der Waals surface area (Å²) >= 11 is 0. The molecule has 0 saturated heterocycles. The molecule has 1 aliphatic heterocycles. The molecule has 0 spiro atoms. The number of hydrogen-bond donors (Lipinski definition) is 4. The molecule has 2 atom stereocenters. The van der Waals surface area contributed by atoms with E-state index in [1.807, 2.05) is 24.3 Å². The van der Waals surface area contributed by atoms with Gasteiger partial charge in [0.25, 0.3) is 0 Å². The van der Waals surface area contributed by atoms with E-state index < -0.39 is 15.7 Å². The number of fused-ring (bicyclic) bond motifs is 4. The van der Waals surface area contributed by atoms with Gasteiger partial charge >= 0.3 is 10.3 Å². The van der Waals surface area contributed by atoms with Crippen molar-refractivity contribution in [2.45, 2.75) is 65.3 Å². The number of hydrazine groups is 1. The summed E-state index contributed by atoms with van der Waals surface area (Å²) in [6, 6.07) is 5.65. The number of nitrogens with one attached hydrogen (secondary N) is 3. The zero-order valence-corrected chi connectivity index (χ0v) is 22.5. The van der Waals surface area contributed by atoms with Crippen molar-refractivity contribution >= 4 is 16.2 Å². The van der Waals surface area contributed by atoms with E-state index in [9.17, 15) is 13.2 Å². The maximum absolute atomic E-state index is 13.3. The normalized spacial score (nSPS) is 26.2. The molecule has 4 aliphatic carbocycles. The molecule has 1 aromatic heterocycles. The third-order valence-corrected chi connectivity index (χ3v) is 9.00. The molecule has 200 valence electrons. The third kappa shape index (κ3) is 4.06. The number of carbonyl (C=O) groups excluding carboxylic acids is 1. The summed E-state index contributed by atoms with van der Waals surface area (Å²) in [7, 11) is -4.20. The summed E-state index contributed by atoms with van der Waals surface area (Å²) in [5.74, 6) is 0.0563. The van der Waals surface area contributed by atoms with Gasteiger partial charge in [0.2, 0.25) is 5.91 Å². The Morgan fingerprint density at radius 1 is 1.29 bits per heavy atom. The molecule has 1 amide bonds. The van der Waals surface area contributed by atoms with Gasteiger partial charge in [0.1, 0.15) is 5.76 Å². The number of nitrogens with zero attached hydrogens (tertiary/aromatic N) is 1. The first-order valence-corrected chi connectivity index (χ1v) is 14.7. The highest BCUT2D eigenvalue weighted by atomic mass is 32.2. The maximum atomic E-state index is 13.3. The molecule has 0 fully saturated rings. The van der Waals surface area contributed by atoms with Crippen LogP contribution in [-0.4, -0.2) is 19.3 Å². The fraction of sp³-hybridized carbons (Fsp3) is 0.429. The van der Waals surface area contributed by atoms with E-state index in [1.165, 1.54) is 11.1 Å². The Hall–Kier alpha value is -3.37. The second kappa shape index (κ2) is 9.13. The predicted molar refractivity (Wildman–Crippen MR) is 142 cm³/mol. The van der Waals surface area contributed by atoms with Crippen LogP contribution in [0, 0.1) is 11.3 Å². The number of rotatable bonds is 6. The molecule has 2 unspecified atom stereocenters. The predicted octanol–water partition coefficient (Wildman–Crippen LogP) is 3.44. The van der Waals surface area contributed by atoms with E-state index in [4.69, 9.17) is 9.32 Å². The van der Waals surface area contributed by atoms with Crippen LogP contribution in [0.25, 0.3) is 0 Å². The van der Waals surface area contributed by atoms with Crippen molar-refractivity contribution in [2.75, 3.05) is 0 Å². The van der Waals surface area contributed by atoms with Crippen LogP contribution < -0.4 is 21.3 Å². The minimum atomic E-state index is -4.20. The van der Waals surface area contributed by atoms with Gasteiger partial charge in [-0.3, -0.25) is 9.78 Å². The molecule has 6 rings (SSSR count). The van der Waals surface area contributed by atoms with Crippen molar-refractivity contribution in [3.63, 3.8) is 0 Å². The molecule has 0 aromatic carbocycles. The van der Waals surface area contributed by atoms with Gasteiger partial charge in [-0.05, 0) is 81.2 Å². The van der Waals surface area contributed by atoms with Crippen molar-refractivity contribution in [1.29, 1.82) is 0 Å². The van der Waals surface area contributed by atoms with Gasteiger partial charge < -0.3 is 20.4 Å². The highest BCUT2D eigenvalue weighted by molar-refractivity contribution is 7.84. The first-order chi connectivity index (χ1) is 18.2. The average molecular weight is 536 g/mol. The molecule has 2 heterocycles. The molecule has 38 heavy (non-hydrogen) atoms. The highest BCUT2D eigenvalue weighted by Gasteiger charge is 2.48. The molecule has 0 saturated carbocycles. The zero-order chi connectivity index (χ0) is 26.7. The Labute approximate surface area is 223 Å². The summed E-state index contributed by atoms with van der Waals surface area (Å²) in [6.07, 6.45) is 9.47. The molecular weight excluding hydrogens is 502 g/mol. The van der Waals surface area contributed by atoms with Crippen LogP contribution in [0.3, 0.4) is 0 Å². The molecule has 0 bridgehead atoms. The number of carbonyl (C=O) groups is 1. The van der Waals surface area contributed by atoms with Crippen LogP contribution in [0.4, 0.5) is 0 Å². The fourth-order valence-corrected chi connectivity index (χ4v) is 7.34. The second-order valence-corrected chi connectivity index (χ2v) is 12.0. The van der Waals surface area contributed by atoms with E-state index in [2.05, 4.69) is 35.0 Å². The van der Waals surface area contributed by atoms with Gasteiger partial charge in [0.05, 0.1) is 23.9 Å². The lowest BCUT2D eigenvalue weighted by atomic mass is 9.64. The monoisotopic (exact) mass is 535 g/mol. The molecule has 5 aliphatic rings. The van der Waals surface area contributed by atoms with Crippen LogP contribution in [-0.2, 0) is 25.8 Å². The van der Waals surface area contributed by atoms with Gasteiger partial charge in [0, 0.05) is 28.5 Å².